The highest BCUT2D eigenvalue weighted by Gasteiger charge is 2.12. The summed E-state index contributed by atoms with van der Waals surface area (Å²) in [4.78, 5) is 19.7. The van der Waals surface area contributed by atoms with E-state index in [4.69, 9.17) is 4.52 Å². The summed E-state index contributed by atoms with van der Waals surface area (Å²) in [6, 6.07) is 3.78. The number of carbonyl (C=O) groups excluding carboxylic acids is 1. The minimum atomic E-state index is -0.209. The number of carbonyl (C=O) groups is 1. The van der Waals surface area contributed by atoms with Crippen LogP contribution < -0.4 is 5.32 Å². The quantitative estimate of drug-likeness (QED) is 0.707. The van der Waals surface area contributed by atoms with Crippen molar-refractivity contribution in [3.05, 3.63) is 36.9 Å². The Balaban J connectivity index is 1.58. The Kier molecular flexibility index (Phi) is 3.46. The lowest BCUT2D eigenvalue weighted by molar-refractivity contribution is -0.122. The lowest BCUT2D eigenvalue weighted by Crippen LogP contribution is -2.27. The van der Waals surface area contributed by atoms with Crippen molar-refractivity contribution in [2.75, 3.05) is 0 Å². The smallest absolute Gasteiger partial charge is 0.246 e. The number of aromatic nitrogens is 6. The number of hydrogen-bond acceptors (Lipinski definition) is 6. The zero-order valence-corrected chi connectivity index (χ0v) is 11.3. The monoisotopic (exact) mass is 287 g/mol. The molecule has 0 aliphatic carbocycles. The van der Waals surface area contributed by atoms with Gasteiger partial charge in [-0.3, -0.25) is 4.79 Å². The molecule has 1 amide bonds. The molecular formula is C12H13N7O2. The summed E-state index contributed by atoms with van der Waals surface area (Å²) in [6.07, 6.45) is 4.74. The van der Waals surface area contributed by atoms with Crippen molar-refractivity contribution in [2.45, 2.75) is 13.1 Å². The number of nitrogens with zero attached hydrogens (tertiary/aromatic N) is 6. The van der Waals surface area contributed by atoms with Crippen LogP contribution in [0.4, 0.5) is 0 Å². The van der Waals surface area contributed by atoms with Gasteiger partial charge in [-0.25, -0.2) is 9.67 Å². The number of aryl methyl sites for hydroxylation is 1. The molecule has 0 saturated heterocycles. The molecule has 3 heterocycles. The molecule has 0 unspecified atom stereocenters. The molecule has 0 atom stereocenters. The Morgan fingerprint density at radius 3 is 3.10 bits per heavy atom. The van der Waals surface area contributed by atoms with E-state index in [9.17, 15) is 4.79 Å². The average Bonchev–Trinajstić information content (AvgIpc) is 3.17. The molecule has 0 aromatic carbocycles. The van der Waals surface area contributed by atoms with E-state index in [1.807, 2.05) is 29.9 Å². The zero-order chi connectivity index (χ0) is 14.7. The van der Waals surface area contributed by atoms with E-state index >= 15 is 0 Å². The molecule has 9 heteroatoms. The molecular weight excluding hydrogens is 274 g/mol. The number of rotatable bonds is 5. The van der Waals surface area contributed by atoms with Gasteiger partial charge < -0.3 is 14.4 Å². The average molecular weight is 287 g/mol. The maximum atomic E-state index is 11.7. The molecule has 3 rings (SSSR count). The Bertz CT molecular complexity index is 728. The van der Waals surface area contributed by atoms with Gasteiger partial charge in [-0.05, 0) is 12.1 Å². The highest BCUT2D eigenvalue weighted by Crippen LogP contribution is 2.15. The second-order valence-electron chi connectivity index (χ2n) is 4.39. The second kappa shape index (κ2) is 5.57. The fraction of sp³-hybridized carbons (Fsp3) is 0.250. The first kappa shape index (κ1) is 13.0. The van der Waals surface area contributed by atoms with E-state index < -0.39 is 0 Å². The van der Waals surface area contributed by atoms with Gasteiger partial charge in [-0.2, -0.15) is 10.1 Å². The SMILES string of the molecule is Cn1cccc1-c1noc(CNC(=O)Cn2cncn2)n1. The molecule has 3 aromatic rings. The standard InChI is InChI=1S/C12H13N7O2/c1-18-4-2-3-9(18)12-16-11(21-17-12)5-14-10(20)6-19-8-13-7-15-19/h2-4,7-8H,5-6H2,1H3,(H,14,20). The number of amides is 1. The van der Waals surface area contributed by atoms with E-state index in [0.29, 0.717) is 11.7 Å². The molecule has 3 aromatic heterocycles. The molecule has 0 radical (unpaired) electrons. The first-order valence-corrected chi connectivity index (χ1v) is 6.26. The van der Waals surface area contributed by atoms with E-state index in [2.05, 4.69) is 25.5 Å². The van der Waals surface area contributed by atoms with Crippen LogP contribution in [0.15, 0.2) is 35.5 Å². The van der Waals surface area contributed by atoms with Gasteiger partial charge in [-0.1, -0.05) is 5.16 Å². The predicted molar refractivity (Wildman–Crippen MR) is 70.6 cm³/mol. The highest BCUT2D eigenvalue weighted by molar-refractivity contribution is 5.75. The molecule has 108 valence electrons. The lowest BCUT2D eigenvalue weighted by Gasteiger charge is -2.01. The van der Waals surface area contributed by atoms with Crippen molar-refractivity contribution in [2.24, 2.45) is 7.05 Å². The first-order chi connectivity index (χ1) is 10.2. The summed E-state index contributed by atoms with van der Waals surface area (Å²) >= 11 is 0. The Hall–Kier alpha value is -2.97. The molecule has 0 fully saturated rings. The summed E-state index contributed by atoms with van der Waals surface area (Å²) in [5.74, 6) is 0.625. The molecule has 0 spiro atoms. The number of nitrogens with one attached hydrogen (secondary N) is 1. The van der Waals surface area contributed by atoms with Crippen molar-refractivity contribution >= 4 is 5.91 Å². The first-order valence-electron chi connectivity index (χ1n) is 6.26. The largest absolute Gasteiger partial charge is 0.348 e. The van der Waals surface area contributed by atoms with Crippen LogP contribution in [0.2, 0.25) is 0 Å². The molecule has 0 aliphatic rings. The molecule has 0 saturated carbocycles. The lowest BCUT2D eigenvalue weighted by atomic mass is 10.4. The van der Waals surface area contributed by atoms with Crippen molar-refractivity contribution in [3.63, 3.8) is 0 Å². The van der Waals surface area contributed by atoms with Crippen LogP contribution >= 0.6 is 0 Å². The third-order valence-electron chi connectivity index (χ3n) is 2.85. The van der Waals surface area contributed by atoms with Crippen LogP contribution in [0.1, 0.15) is 5.89 Å². The normalized spacial score (nSPS) is 10.7. The maximum Gasteiger partial charge on any atom is 0.246 e. The minimum Gasteiger partial charge on any atom is -0.348 e. The van der Waals surface area contributed by atoms with Gasteiger partial charge in [0.2, 0.25) is 17.6 Å². The Labute approximate surface area is 119 Å². The molecule has 1 N–H and O–H groups in total. The fourth-order valence-electron chi connectivity index (χ4n) is 1.82. The summed E-state index contributed by atoms with van der Waals surface area (Å²) in [6.45, 7) is 0.268. The summed E-state index contributed by atoms with van der Waals surface area (Å²) in [7, 11) is 1.89. The fourth-order valence-corrected chi connectivity index (χ4v) is 1.82. The Morgan fingerprint density at radius 1 is 1.48 bits per heavy atom. The van der Waals surface area contributed by atoms with Crippen LogP contribution in [-0.4, -0.2) is 35.4 Å². The van der Waals surface area contributed by atoms with Gasteiger partial charge in [0.05, 0.1) is 12.2 Å². The molecule has 0 aliphatic heterocycles. The van der Waals surface area contributed by atoms with Crippen LogP contribution in [-0.2, 0) is 24.9 Å². The van der Waals surface area contributed by atoms with E-state index in [1.54, 1.807) is 0 Å². The van der Waals surface area contributed by atoms with Crippen molar-refractivity contribution < 1.29 is 9.32 Å². The number of hydrogen-bond donors (Lipinski definition) is 1. The van der Waals surface area contributed by atoms with Crippen molar-refractivity contribution in [3.8, 4) is 11.5 Å². The maximum absolute atomic E-state index is 11.7. The van der Waals surface area contributed by atoms with Gasteiger partial charge in [0, 0.05) is 13.2 Å². The summed E-state index contributed by atoms with van der Waals surface area (Å²) in [5.41, 5.74) is 0.846. The van der Waals surface area contributed by atoms with Crippen LogP contribution in [0.25, 0.3) is 11.5 Å². The van der Waals surface area contributed by atoms with Crippen molar-refractivity contribution in [1.29, 1.82) is 0 Å². The van der Waals surface area contributed by atoms with Crippen LogP contribution in [0.5, 0.6) is 0 Å². The Morgan fingerprint density at radius 2 is 2.38 bits per heavy atom. The van der Waals surface area contributed by atoms with Crippen LogP contribution in [0.3, 0.4) is 0 Å². The highest BCUT2D eigenvalue weighted by atomic mass is 16.5. The van der Waals surface area contributed by atoms with E-state index in [0.717, 1.165) is 5.69 Å². The summed E-state index contributed by atoms with van der Waals surface area (Å²) in [5, 5.41) is 10.4. The zero-order valence-electron chi connectivity index (χ0n) is 11.3. The molecule has 0 bridgehead atoms. The van der Waals surface area contributed by atoms with Gasteiger partial charge >= 0.3 is 0 Å². The van der Waals surface area contributed by atoms with Gasteiger partial charge in [-0.15, -0.1) is 0 Å². The minimum absolute atomic E-state index is 0.0960. The van der Waals surface area contributed by atoms with Crippen LogP contribution in [0, 0.1) is 0 Å². The van der Waals surface area contributed by atoms with Gasteiger partial charge in [0.15, 0.2) is 0 Å². The van der Waals surface area contributed by atoms with E-state index in [1.165, 1.54) is 17.3 Å². The summed E-state index contributed by atoms with van der Waals surface area (Å²) < 4.78 is 8.42. The second-order valence-corrected chi connectivity index (χ2v) is 4.39. The third kappa shape index (κ3) is 2.96. The topological polar surface area (TPSA) is 104 Å². The van der Waals surface area contributed by atoms with Crippen molar-refractivity contribution in [1.82, 2.24) is 34.8 Å². The predicted octanol–water partition coefficient (Wildman–Crippen LogP) is -0.0170. The van der Waals surface area contributed by atoms with E-state index in [-0.39, 0.29) is 19.0 Å². The van der Waals surface area contributed by atoms with Gasteiger partial charge in [0.1, 0.15) is 19.2 Å². The third-order valence-corrected chi connectivity index (χ3v) is 2.85. The van der Waals surface area contributed by atoms with Gasteiger partial charge in [0.25, 0.3) is 0 Å². The molecule has 9 nitrogen and oxygen atoms in total. The molecule has 21 heavy (non-hydrogen) atoms.